The van der Waals surface area contributed by atoms with Gasteiger partial charge in [-0.05, 0) is 45.7 Å². The quantitative estimate of drug-likeness (QED) is 0.928. The Hall–Kier alpha value is -1.26. The number of rotatable bonds is 3. The lowest BCUT2D eigenvalue weighted by Crippen LogP contribution is -2.58. The van der Waals surface area contributed by atoms with Gasteiger partial charge in [0.2, 0.25) is 0 Å². The number of nitrogens with one attached hydrogen (secondary N) is 1. The van der Waals surface area contributed by atoms with Gasteiger partial charge in [-0.3, -0.25) is 4.79 Å². The van der Waals surface area contributed by atoms with Crippen molar-refractivity contribution < 1.29 is 9.53 Å². The molecule has 1 saturated heterocycles. The zero-order chi connectivity index (χ0) is 15.6. The smallest absolute Gasteiger partial charge is 0.260 e. The third-order valence-corrected chi connectivity index (χ3v) is 4.30. The van der Waals surface area contributed by atoms with Crippen LogP contribution in [0.1, 0.15) is 30.5 Å². The molecule has 0 spiro atoms. The van der Waals surface area contributed by atoms with Gasteiger partial charge in [0.05, 0.1) is 0 Å². The molecular formula is C17H27ClN2O2. The molecule has 1 N–H and O–H groups in total. The second kappa shape index (κ2) is 7.84. The van der Waals surface area contributed by atoms with Crippen molar-refractivity contribution in [3.63, 3.8) is 0 Å². The van der Waals surface area contributed by atoms with Gasteiger partial charge in [0.15, 0.2) is 6.61 Å². The first kappa shape index (κ1) is 18.8. The van der Waals surface area contributed by atoms with E-state index in [1.54, 1.807) is 0 Å². The fraction of sp³-hybridized carbons (Fsp3) is 0.588. The number of carbonyl (C=O) groups excluding carboxylic acids is 1. The second-order valence-corrected chi connectivity index (χ2v) is 6.09. The summed E-state index contributed by atoms with van der Waals surface area (Å²) in [6.45, 7) is 12.0. The summed E-state index contributed by atoms with van der Waals surface area (Å²) in [4.78, 5) is 14.3. The average molecular weight is 327 g/mol. The van der Waals surface area contributed by atoms with E-state index in [0.29, 0.717) is 6.04 Å². The predicted molar refractivity (Wildman–Crippen MR) is 92.0 cm³/mol. The number of piperazine rings is 1. The van der Waals surface area contributed by atoms with Crippen LogP contribution in [0, 0.1) is 20.8 Å². The van der Waals surface area contributed by atoms with E-state index < -0.39 is 0 Å². The number of halogens is 1. The van der Waals surface area contributed by atoms with Crippen molar-refractivity contribution in [1.29, 1.82) is 0 Å². The lowest BCUT2D eigenvalue weighted by Gasteiger charge is -2.38. The minimum atomic E-state index is 0. The predicted octanol–water partition coefficient (Wildman–Crippen LogP) is 2.62. The minimum Gasteiger partial charge on any atom is -0.483 e. The topological polar surface area (TPSA) is 41.6 Å². The SMILES string of the molecule is Cc1cc(C)c(OCC(=O)N2CCNC(C)C2C)c(C)c1.Cl. The molecule has 1 aromatic rings. The number of hydrogen-bond acceptors (Lipinski definition) is 3. The molecule has 0 saturated carbocycles. The Kier molecular flexibility index (Phi) is 6.69. The number of nitrogens with zero attached hydrogens (tertiary/aromatic N) is 1. The first-order chi connectivity index (χ1) is 9.90. The van der Waals surface area contributed by atoms with E-state index in [2.05, 4.69) is 38.2 Å². The highest BCUT2D eigenvalue weighted by atomic mass is 35.5. The first-order valence-corrected chi connectivity index (χ1v) is 7.63. The van der Waals surface area contributed by atoms with Crippen LogP contribution in [-0.2, 0) is 4.79 Å². The standard InChI is InChI=1S/C17H26N2O2.ClH/c1-11-8-12(2)17(13(3)9-11)21-10-16(20)19-7-6-18-14(4)15(19)5;/h8-9,14-15,18H,6-7,10H2,1-5H3;1H. The molecule has 1 fully saturated rings. The van der Waals surface area contributed by atoms with Gasteiger partial charge < -0.3 is 15.0 Å². The van der Waals surface area contributed by atoms with E-state index in [1.165, 1.54) is 5.56 Å². The monoisotopic (exact) mass is 326 g/mol. The number of carbonyl (C=O) groups is 1. The van der Waals surface area contributed by atoms with Crippen LogP contribution in [0.25, 0.3) is 0 Å². The molecule has 5 heteroatoms. The molecular weight excluding hydrogens is 300 g/mol. The van der Waals surface area contributed by atoms with Gasteiger partial charge in [0, 0.05) is 25.2 Å². The highest BCUT2D eigenvalue weighted by Crippen LogP contribution is 2.24. The van der Waals surface area contributed by atoms with Crippen molar-refractivity contribution in [3.8, 4) is 5.75 Å². The van der Waals surface area contributed by atoms with Crippen LogP contribution in [0.5, 0.6) is 5.75 Å². The van der Waals surface area contributed by atoms with E-state index in [0.717, 1.165) is 30.0 Å². The Morgan fingerprint density at radius 1 is 1.27 bits per heavy atom. The number of ether oxygens (including phenoxy) is 1. The largest absolute Gasteiger partial charge is 0.483 e. The maximum atomic E-state index is 12.4. The molecule has 1 aliphatic heterocycles. The molecule has 0 aromatic heterocycles. The first-order valence-electron chi connectivity index (χ1n) is 7.63. The molecule has 2 unspecified atom stereocenters. The molecule has 4 nitrogen and oxygen atoms in total. The Morgan fingerprint density at radius 3 is 2.45 bits per heavy atom. The summed E-state index contributed by atoms with van der Waals surface area (Å²) in [6, 6.07) is 4.70. The summed E-state index contributed by atoms with van der Waals surface area (Å²) < 4.78 is 5.81. The molecule has 0 aliphatic carbocycles. The highest BCUT2D eigenvalue weighted by Gasteiger charge is 2.28. The number of hydrogen-bond donors (Lipinski definition) is 1. The van der Waals surface area contributed by atoms with Crippen molar-refractivity contribution in [2.75, 3.05) is 19.7 Å². The van der Waals surface area contributed by atoms with Gasteiger partial charge in [-0.2, -0.15) is 0 Å². The minimum absolute atomic E-state index is 0. The third-order valence-electron chi connectivity index (χ3n) is 4.30. The molecule has 1 aromatic carbocycles. The van der Waals surface area contributed by atoms with Gasteiger partial charge in [-0.15, -0.1) is 12.4 Å². The number of benzene rings is 1. The molecule has 22 heavy (non-hydrogen) atoms. The number of amides is 1. The molecule has 0 bridgehead atoms. The number of aryl methyl sites for hydroxylation is 3. The normalized spacial score (nSPS) is 21.2. The van der Waals surface area contributed by atoms with E-state index in [-0.39, 0.29) is 31.0 Å². The van der Waals surface area contributed by atoms with Crippen molar-refractivity contribution >= 4 is 18.3 Å². The maximum Gasteiger partial charge on any atom is 0.260 e. The Morgan fingerprint density at radius 2 is 1.86 bits per heavy atom. The van der Waals surface area contributed by atoms with Gasteiger partial charge in [-0.1, -0.05) is 17.7 Å². The summed E-state index contributed by atoms with van der Waals surface area (Å²) in [6.07, 6.45) is 0. The van der Waals surface area contributed by atoms with Gasteiger partial charge in [-0.25, -0.2) is 0 Å². The van der Waals surface area contributed by atoms with Gasteiger partial charge >= 0.3 is 0 Å². The fourth-order valence-electron chi connectivity index (χ4n) is 3.02. The van der Waals surface area contributed by atoms with Crippen LogP contribution in [0.15, 0.2) is 12.1 Å². The van der Waals surface area contributed by atoms with E-state index >= 15 is 0 Å². The lowest BCUT2D eigenvalue weighted by atomic mass is 10.1. The third kappa shape index (κ3) is 4.14. The lowest BCUT2D eigenvalue weighted by molar-refractivity contribution is -0.137. The summed E-state index contributed by atoms with van der Waals surface area (Å²) in [7, 11) is 0. The van der Waals surface area contributed by atoms with Crippen molar-refractivity contribution in [1.82, 2.24) is 10.2 Å². The fourth-order valence-corrected chi connectivity index (χ4v) is 3.02. The molecule has 1 aliphatic rings. The summed E-state index contributed by atoms with van der Waals surface area (Å²) in [5.74, 6) is 0.903. The van der Waals surface area contributed by atoms with Crippen LogP contribution in [0.4, 0.5) is 0 Å². The Labute approximate surface area is 139 Å². The zero-order valence-corrected chi connectivity index (χ0v) is 14.9. The molecule has 124 valence electrons. The van der Waals surface area contributed by atoms with Crippen molar-refractivity contribution in [3.05, 3.63) is 28.8 Å². The molecule has 2 atom stereocenters. The van der Waals surface area contributed by atoms with Crippen LogP contribution in [0.3, 0.4) is 0 Å². The summed E-state index contributed by atoms with van der Waals surface area (Å²) >= 11 is 0. The van der Waals surface area contributed by atoms with Crippen molar-refractivity contribution in [2.45, 2.75) is 46.7 Å². The van der Waals surface area contributed by atoms with E-state index in [4.69, 9.17) is 4.74 Å². The van der Waals surface area contributed by atoms with E-state index in [1.807, 2.05) is 18.7 Å². The molecule has 1 amide bonds. The highest BCUT2D eigenvalue weighted by molar-refractivity contribution is 5.85. The Bertz CT molecular complexity index is 510. The summed E-state index contributed by atoms with van der Waals surface area (Å²) in [5, 5.41) is 3.38. The van der Waals surface area contributed by atoms with Crippen LogP contribution in [0.2, 0.25) is 0 Å². The zero-order valence-electron chi connectivity index (χ0n) is 14.1. The van der Waals surface area contributed by atoms with Gasteiger partial charge in [0.25, 0.3) is 5.91 Å². The summed E-state index contributed by atoms with van der Waals surface area (Å²) in [5.41, 5.74) is 3.39. The van der Waals surface area contributed by atoms with Gasteiger partial charge in [0.1, 0.15) is 5.75 Å². The van der Waals surface area contributed by atoms with Crippen molar-refractivity contribution in [2.24, 2.45) is 0 Å². The molecule has 0 radical (unpaired) electrons. The van der Waals surface area contributed by atoms with Crippen LogP contribution in [-0.4, -0.2) is 42.6 Å². The second-order valence-electron chi connectivity index (χ2n) is 6.09. The van der Waals surface area contributed by atoms with E-state index in [9.17, 15) is 4.79 Å². The van der Waals surface area contributed by atoms with Crippen LogP contribution >= 0.6 is 12.4 Å². The average Bonchev–Trinajstić information content (AvgIpc) is 2.40. The Balaban J connectivity index is 0.00000242. The van der Waals surface area contributed by atoms with Crippen LogP contribution < -0.4 is 10.1 Å². The molecule has 2 rings (SSSR count). The molecule has 1 heterocycles. The maximum absolute atomic E-state index is 12.4.